The lowest BCUT2D eigenvalue weighted by Crippen LogP contribution is -2.34. The smallest absolute Gasteiger partial charge is 0.319 e. The van der Waals surface area contributed by atoms with E-state index in [0.29, 0.717) is 0 Å². The van der Waals surface area contributed by atoms with Gasteiger partial charge in [0.05, 0.1) is 0 Å². The maximum atomic E-state index is 11.3. The van der Waals surface area contributed by atoms with E-state index in [1.807, 2.05) is 38.1 Å². The molecule has 102 valence electrons. The maximum absolute atomic E-state index is 11.3. The third-order valence-electron chi connectivity index (χ3n) is 3.68. The number of carboxylic acid groups (broad SMARTS) is 1. The van der Waals surface area contributed by atoms with Crippen LogP contribution in [-0.2, 0) is 4.79 Å². The molecule has 0 amide bonds. The zero-order chi connectivity index (χ0) is 14.8. The van der Waals surface area contributed by atoms with Gasteiger partial charge in [-0.05, 0) is 48.1 Å². The number of carboxylic acids is 1. The van der Waals surface area contributed by atoms with Crippen LogP contribution in [0.15, 0.2) is 41.5 Å². The molecule has 1 aliphatic carbocycles. The molecule has 20 heavy (non-hydrogen) atoms. The molecule has 1 aromatic carbocycles. The molecule has 0 heterocycles. The monoisotopic (exact) mass is 269 g/mol. The van der Waals surface area contributed by atoms with E-state index < -0.39 is 11.5 Å². The third kappa shape index (κ3) is 2.31. The van der Waals surface area contributed by atoms with E-state index >= 15 is 0 Å². The molecule has 1 aromatic rings. The van der Waals surface area contributed by atoms with Crippen LogP contribution in [0.4, 0.5) is 0 Å². The van der Waals surface area contributed by atoms with Crippen molar-refractivity contribution in [1.29, 1.82) is 0 Å². The van der Waals surface area contributed by atoms with Gasteiger partial charge in [-0.2, -0.15) is 0 Å². The molecular weight excluding hydrogens is 254 g/mol. The molecule has 1 unspecified atom stereocenters. The molecule has 0 aliphatic heterocycles. The number of aryl methyl sites for hydroxylation is 1. The summed E-state index contributed by atoms with van der Waals surface area (Å²) >= 11 is 0. The predicted octanol–water partition coefficient (Wildman–Crippen LogP) is 3.78. The van der Waals surface area contributed by atoms with Crippen LogP contribution >= 0.6 is 0 Å². The van der Waals surface area contributed by atoms with Crippen LogP contribution in [0.5, 0.6) is 0 Å². The normalized spacial score (nSPS) is 21.0. The number of rotatable bonds is 3. The van der Waals surface area contributed by atoms with Crippen molar-refractivity contribution in [2.24, 2.45) is 5.11 Å². The van der Waals surface area contributed by atoms with Crippen LogP contribution in [0.1, 0.15) is 23.1 Å². The molecule has 5 heteroatoms. The maximum Gasteiger partial charge on any atom is 0.319 e. The van der Waals surface area contributed by atoms with Crippen LogP contribution in [-0.4, -0.2) is 16.6 Å². The molecule has 0 spiro atoms. The molecule has 0 fully saturated rings. The van der Waals surface area contributed by atoms with Crippen molar-refractivity contribution >= 4 is 11.5 Å². The molecule has 0 saturated carbocycles. The highest BCUT2D eigenvalue weighted by Crippen LogP contribution is 2.32. The summed E-state index contributed by atoms with van der Waals surface area (Å²) in [5, 5.41) is 12.7. The van der Waals surface area contributed by atoms with E-state index in [1.54, 1.807) is 6.08 Å². The number of azide groups is 1. The van der Waals surface area contributed by atoms with Crippen molar-refractivity contribution in [2.45, 2.75) is 25.8 Å². The Hall–Kier alpha value is -2.52. The molecule has 1 atom stereocenters. The Bertz CT molecular complexity index is 666. The van der Waals surface area contributed by atoms with Gasteiger partial charge in [0.2, 0.25) is 0 Å². The van der Waals surface area contributed by atoms with Crippen LogP contribution in [0, 0.1) is 13.8 Å². The lowest BCUT2D eigenvalue weighted by Gasteiger charge is -2.23. The van der Waals surface area contributed by atoms with Gasteiger partial charge in [-0.1, -0.05) is 41.5 Å². The average Bonchev–Trinajstić information content (AvgIpc) is 2.43. The Morgan fingerprint density at radius 1 is 1.45 bits per heavy atom. The number of allylic oxidation sites excluding steroid dienone is 2. The second kappa shape index (κ2) is 5.23. The van der Waals surface area contributed by atoms with E-state index in [1.165, 1.54) is 11.6 Å². The minimum atomic E-state index is -1.50. The van der Waals surface area contributed by atoms with E-state index in [9.17, 15) is 9.90 Å². The summed E-state index contributed by atoms with van der Waals surface area (Å²) in [5.41, 5.74) is 11.4. The molecule has 5 nitrogen and oxygen atoms in total. The van der Waals surface area contributed by atoms with Crippen LogP contribution in [0.25, 0.3) is 16.0 Å². The zero-order valence-electron chi connectivity index (χ0n) is 11.4. The Balaban J connectivity index is 2.40. The molecule has 1 aliphatic rings. The van der Waals surface area contributed by atoms with Crippen molar-refractivity contribution in [3.63, 3.8) is 0 Å². The van der Waals surface area contributed by atoms with E-state index in [4.69, 9.17) is 5.53 Å². The fourth-order valence-corrected chi connectivity index (χ4v) is 2.25. The first-order chi connectivity index (χ1) is 9.50. The van der Waals surface area contributed by atoms with Crippen molar-refractivity contribution in [3.05, 3.63) is 63.6 Å². The number of nitrogens with zero attached hydrogens (tertiary/aromatic N) is 3. The van der Waals surface area contributed by atoms with E-state index in [2.05, 4.69) is 10.0 Å². The quantitative estimate of drug-likeness (QED) is 0.514. The standard InChI is InChI=1S/C15H15N3O2/c1-10-4-3-5-13(11(10)2)12-6-8-15(9-7-12,14(19)20)17-18-16/h3-8H,9H2,1-2H3,(H,19,20). The molecule has 0 aromatic heterocycles. The summed E-state index contributed by atoms with van der Waals surface area (Å²) in [6, 6.07) is 6.01. The van der Waals surface area contributed by atoms with Gasteiger partial charge in [-0.15, -0.1) is 0 Å². The number of benzene rings is 1. The largest absolute Gasteiger partial charge is 0.480 e. The summed E-state index contributed by atoms with van der Waals surface area (Å²) in [7, 11) is 0. The molecule has 2 rings (SSSR count). The molecule has 0 bridgehead atoms. The van der Waals surface area contributed by atoms with Crippen molar-refractivity contribution in [3.8, 4) is 0 Å². The molecule has 0 saturated heterocycles. The topological polar surface area (TPSA) is 86.1 Å². The van der Waals surface area contributed by atoms with Crippen molar-refractivity contribution < 1.29 is 9.90 Å². The van der Waals surface area contributed by atoms with Gasteiger partial charge in [-0.3, -0.25) is 4.79 Å². The second-order valence-corrected chi connectivity index (χ2v) is 4.86. The summed E-state index contributed by atoms with van der Waals surface area (Å²) < 4.78 is 0. The van der Waals surface area contributed by atoms with Crippen LogP contribution in [0.2, 0.25) is 0 Å². The number of carbonyl (C=O) groups is 1. The number of hydrogen-bond acceptors (Lipinski definition) is 2. The van der Waals surface area contributed by atoms with Gasteiger partial charge in [0.15, 0.2) is 5.54 Å². The average molecular weight is 269 g/mol. The van der Waals surface area contributed by atoms with Gasteiger partial charge in [0.1, 0.15) is 0 Å². The Labute approximate surface area is 116 Å². The Kier molecular flexibility index (Phi) is 3.63. The lowest BCUT2D eigenvalue weighted by atomic mass is 9.86. The summed E-state index contributed by atoms with van der Waals surface area (Å²) in [5.74, 6) is -1.14. The van der Waals surface area contributed by atoms with Crippen LogP contribution in [0.3, 0.4) is 0 Å². The summed E-state index contributed by atoms with van der Waals surface area (Å²) in [6.45, 7) is 4.07. The number of hydrogen-bond donors (Lipinski definition) is 1. The summed E-state index contributed by atoms with van der Waals surface area (Å²) in [6.07, 6.45) is 5.15. The molecule has 1 N–H and O–H groups in total. The highest BCUT2D eigenvalue weighted by Gasteiger charge is 2.35. The zero-order valence-corrected chi connectivity index (χ0v) is 11.4. The fraction of sp³-hybridized carbons (Fsp3) is 0.267. The van der Waals surface area contributed by atoms with E-state index in [0.717, 1.165) is 16.7 Å². The van der Waals surface area contributed by atoms with Crippen molar-refractivity contribution in [1.82, 2.24) is 0 Å². The van der Waals surface area contributed by atoms with Gasteiger partial charge < -0.3 is 5.11 Å². The van der Waals surface area contributed by atoms with Gasteiger partial charge in [0, 0.05) is 4.91 Å². The minimum Gasteiger partial charge on any atom is -0.480 e. The minimum absolute atomic E-state index is 0.158. The highest BCUT2D eigenvalue weighted by atomic mass is 16.4. The first-order valence-corrected chi connectivity index (χ1v) is 6.26. The molecular formula is C15H15N3O2. The van der Waals surface area contributed by atoms with Crippen LogP contribution < -0.4 is 0 Å². The first-order valence-electron chi connectivity index (χ1n) is 6.26. The SMILES string of the molecule is Cc1cccc(C2=CCC(N=[N+]=[N-])(C(=O)O)C=C2)c1C. The van der Waals surface area contributed by atoms with E-state index in [-0.39, 0.29) is 6.42 Å². The Morgan fingerprint density at radius 3 is 2.75 bits per heavy atom. The lowest BCUT2D eigenvalue weighted by molar-refractivity contribution is -0.141. The van der Waals surface area contributed by atoms with Gasteiger partial charge in [0.25, 0.3) is 0 Å². The van der Waals surface area contributed by atoms with Gasteiger partial charge in [-0.25, -0.2) is 0 Å². The van der Waals surface area contributed by atoms with Crippen molar-refractivity contribution in [2.75, 3.05) is 0 Å². The first kappa shape index (κ1) is 13.9. The fourth-order valence-electron chi connectivity index (χ4n) is 2.25. The molecule has 0 radical (unpaired) electrons. The second-order valence-electron chi connectivity index (χ2n) is 4.86. The predicted molar refractivity (Wildman–Crippen MR) is 77.2 cm³/mol. The highest BCUT2D eigenvalue weighted by molar-refractivity contribution is 5.87. The number of aliphatic carboxylic acids is 1. The third-order valence-corrected chi connectivity index (χ3v) is 3.68. The summed E-state index contributed by atoms with van der Waals surface area (Å²) in [4.78, 5) is 13.9. The van der Waals surface area contributed by atoms with Gasteiger partial charge >= 0.3 is 5.97 Å². The Morgan fingerprint density at radius 2 is 2.20 bits per heavy atom.